The van der Waals surface area contributed by atoms with Crippen LogP contribution in [-0.4, -0.2) is 29.2 Å². The molecule has 0 aliphatic heterocycles. The normalized spacial score (nSPS) is 14.1. The minimum Gasteiger partial charge on any atom is -0.450 e. The smallest absolute Gasteiger partial charge is 0.407 e. The van der Waals surface area contributed by atoms with E-state index in [1.807, 2.05) is 13.1 Å². The van der Waals surface area contributed by atoms with Crippen LogP contribution in [0.25, 0.3) is 0 Å². The summed E-state index contributed by atoms with van der Waals surface area (Å²) in [5, 5.41) is 2.76. The lowest BCUT2D eigenvalue weighted by Crippen LogP contribution is -2.31. The summed E-state index contributed by atoms with van der Waals surface area (Å²) < 4.78 is 4.94. The van der Waals surface area contributed by atoms with Gasteiger partial charge in [-0.15, -0.1) is 0 Å². The Morgan fingerprint density at radius 1 is 1.59 bits per heavy atom. The van der Waals surface area contributed by atoms with Crippen molar-refractivity contribution in [3.8, 4) is 0 Å². The molecule has 5 nitrogen and oxygen atoms in total. The van der Waals surface area contributed by atoms with Gasteiger partial charge in [-0.1, -0.05) is 20.8 Å². The first-order valence-corrected chi connectivity index (χ1v) is 6.04. The lowest BCUT2D eigenvalue weighted by atomic mass is 9.93. The Balaban J connectivity index is 2.29. The highest BCUT2D eigenvalue weighted by atomic mass is 16.5. The van der Waals surface area contributed by atoms with Crippen LogP contribution in [0.5, 0.6) is 0 Å². The molecule has 1 heterocycles. The van der Waals surface area contributed by atoms with E-state index in [0.717, 1.165) is 12.1 Å². The molecule has 1 aromatic heterocycles. The molecule has 0 saturated carbocycles. The van der Waals surface area contributed by atoms with E-state index >= 15 is 0 Å². The first-order valence-electron chi connectivity index (χ1n) is 6.04. The van der Waals surface area contributed by atoms with Gasteiger partial charge in [0.1, 0.15) is 0 Å². The van der Waals surface area contributed by atoms with Crippen molar-refractivity contribution in [3.63, 3.8) is 0 Å². The topological polar surface area (TPSA) is 67.0 Å². The van der Waals surface area contributed by atoms with Crippen LogP contribution in [0.3, 0.4) is 0 Å². The van der Waals surface area contributed by atoms with Crippen molar-refractivity contribution in [1.29, 1.82) is 0 Å². The third kappa shape index (κ3) is 4.46. The standard InChI is InChI=1S/C12H21N3O2/c1-4-5-17-12(16)14-6-9(2)10(3)11-7-13-8-15-11/h7-10H,4-6H2,1-3H3,(H,13,15)(H,14,16). The summed E-state index contributed by atoms with van der Waals surface area (Å²) in [6.07, 6.45) is 3.99. The third-order valence-electron chi connectivity index (χ3n) is 2.87. The Morgan fingerprint density at radius 2 is 2.35 bits per heavy atom. The second kappa shape index (κ2) is 6.93. The average molecular weight is 239 g/mol. The zero-order chi connectivity index (χ0) is 12.7. The van der Waals surface area contributed by atoms with Gasteiger partial charge in [0, 0.05) is 24.4 Å². The molecule has 0 saturated heterocycles. The van der Waals surface area contributed by atoms with Gasteiger partial charge in [-0.2, -0.15) is 0 Å². The van der Waals surface area contributed by atoms with Gasteiger partial charge in [0.25, 0.3) is 0 Å². The largest absolute Gasteiger partial charge is 0.450 e. The number of ether oxygens (including phenoxy) is 1. The molecule has 2 unspecified atom stereocenters. The lowest BCUT2D eigenvalue weighted by Gasteiger charge is -2.18. The zero-order valence-electron chi connectivity index (χ0n) is 10.7. The van der Waals surface area contributed by atoms with Crippen molar-refractivity contribution in [2.45, 2.75) is 33.1 Å². The predicted molar refractivity (Wildman–Crippen MR) is 65.8 cm³/mol. The summed E-state index contributed by atoms with van der Waals surface area (Å²) >= 11 is 0. The fourth-order valence-corrected chi connectivity index (χ4v) is 1.49. The molecule has 0 fully saturated rings. The van der Waals surface area contributed by atoms with E-state index < -0.39 is 0 Å². The van der Waals surface area contributed by atoms with Gasteiger partial charge in [0.2, 0.25) is 0 Å². The summed E-state index contributed by atoms with van der Waals surface area (Å²) in [6, 6.07) is 0. The molecule has 17 heavy (non-hydrogen) atoms. The first kappa shape index (κ1) is 13.5. The molecule has 1 aromatic rings. The molecule has 5 heteroatoms. The molecule has 0 aromatic carbocycles. The van der Waals surface area contributed by atoms with Gasteiger partial charge in [-0.05, 0) is 12.3 Å². The van der Waals surface area contributed by atoms with Crippen LogP contribution in [0.2, 0.25) is 0 Å². The average Bonchev–Trinajstić information content (AvgIpc) is 2.86. The number of aromatic amines is 1. The fourth-order valence-electron chi connectivity index (χ4n) is 1.49. The monoisotopic (exact) mass is 239 g/mol. The molecular weight excluding hydrogens is 218 g/mol. The minimum atomic E-state index is -0.337. The fraction of sp³-hybridized carbons (Fsp3) is 0.667. The molecule has 0 bridgehead atoms. The summed E-state index contributed by atoms with van der Waals surface area (Å²) in [5.41, 5.74) is 1.08. The SMILES string of the molecule is CCCOC(=O)NCC(C)C(C)c1cnc[nH]1. The number of nitrogens with zero attached hydrogens (tertiary/aromatic N) is 1. The van der Waals surface area contributed by atoms with Gasteiger partial charge in [0.05, 0.1) is 12.9 Å². The Morgan fingerprint density at radius 3 is 2.94 bits per heavy atom. The Labute approximate surface area is 102 Å². The van der Waals surface area contributed by atoms with Gasteiger partial charge >= 0.3 is 6.09 Å². The predicted octanol–water partition coefficient (Wildman–Crippen LogP) is 2.29. The van der Waals surface area contributed by atoms with Crippen LogP contribution >= 0.6 is 0 Å². The van der Waals surface area contributed by atoms with E-state index in [0.29, 0.717) is 25.0 Å². The van der Waals surface area contributed by atoms with Crippen LogP contribution in [-0.2, 0) is 4.74 Å². The van der Waals surface area contributed by atoms with Crippen LogP contribution in [0.1, 0.15) is 38.8 Å². The number of nitrogens with one attached hydrogen (secondary N) is 2. The molecule has 0 spiro atoms. The second-order valence-corrected chi connectivity index (χ2v) is 4.29. The number of H-pyrrole nitrogens is 1. The van der Waals surface area contributed by atoms with Crippen molar-refractivity contribution >= 4 is 6.09 Å². The van der Waals surface area contributed by atoms with E-state index in [1.165, 1.54) is 0 Å². The number of hydrogen-bond donors (Lipinski definition) is 2. The van der Waals surface area contributed by atoms with E-state index in [9.17, 15) is 4.79 Å². The van der Waals surface area contributed by atoms with E-state index in [4.69, 9.17) is 4.74 Å². The van der Waals surface area contributed by atoms with Crippen molar-refractivity contribution in [1.82, 2.24) is 15.3 Å². The highest BCUT2D eigenvalue weighted by molar-refractivity contribution is 5.67. The lowest BCUT2D eigenvalue weighted by molar-refractivity contribution is 0.144. The van der Waals surface area contributed by atoms with Gasteiger partial charge in [-0.25, -0.2) is 9.78 Å². The molecule has 2 N–H and O–H groups in total. The maximum Gasteiger partial charge on any atom is 0.407 e. The van der Waals surface area contributed by atoms with Gasteiger partial charge in [0.15, 0.2) is 0 Å². The molecule has 0 radical (unpaired) electrons. The van der Waals surface area contributed by atoms with Gasteiger partial charge in [-0.3, -0.25) is 0 Å². The summed E-state index contributed by atoms with van der Waals surface area (Å²) in [5.74, 6) is 0.647. The first-order chi connectivity index (χ1) is 8.15. The van der Waals surface area contributed by atoms with Crippen LogP contribution in [0, 0.1) is 5.92 Å². The minimum absolute atomic E-state index is 0.323. The highest BCUT2D eigenvalue weighted by Crippen LogP contribution is 2.20. The van der Waals surface area contributed by atoms with Crippen molar-refractivity contribution in [2.24, 2.45) is 5.92 Å². The van der Waals surface area contributed by atoms with Crippen LogP contribution < -0.4 is 5.32 Å². The maximum atomic E-state index is 11.3. The Bertz CT molecular complexity index is 325. The number of aromatic nitrogens is 2. The van der Waals surface area contributed by atoms with E-state index in [2.05, 4.69) is 29.1 Å². The molecular formula is C12H21N3O2. The molecule has 96 valence electrons. The number of hydrogen-bond acceptors (Lipinski definition) is 3. The Kier molecular flexibility index (Phi) is 5.52. The number of carbonyl (C=O) groups excluding carboxylic acids is 1. The summed E-state index contributed by atoms with van der Waals surface area (Å²) in [4.78, 5) is 18.3. The van der Waals surface area contributed by atoms with Crippen molar-refractivity contribution in [3.05, 3.63) is 18.2 Å². The number of amides is 1. The van der Waals surface area contributed by atoms with Crippen LogP contribution in [0.15, 0.2) is 12.5 Å². The summed E-state index contributed by atoms with van der Waals surface area (Å²) in [7, 11) is 0. The molecule has 1 rings (SSSR count). The van der Waals surface area contributed by atoms with Gasteiger partial charge < -0.3 is 15.0 Å². The quantitative estimate of drug-likeness (QED) is 0.800. The number of rotatable bonds is 6. The molecule has 2 atom stereocenters. The molecule has 0 aliphatic rings. The highest BCUT2D eigenvalue weighted by Gasteiger charge is 2.16. The van der Waals surface area contributed by atoms with E-state index in [-0.39, 0.29) is 6.09 Å². The van der Waals surface area contributed by atoms with Crippen molar-refractivity contribution < 1.29 is 9.53 Å². The molecule has 1 amide bonds. The van der Waals surface area contributed by atoms with Crippen molar-refractivity contribution in [2.75, 3.05) is 13.2 Å². The number of carbonyl (C=O) groups is 1. The maximum absolute atomic E-state index is 11.3. The van der Waals surface area contributed by atoms with E-state index in [1.54, 1.807) is 6.33 Å². The Hall–Kier alpha value is -1.52. The zero-order valence-corrected chi connectivity index (χ0v) is 10.7. The molecule has 0 aliphatic carbocycles. The van der Waals surface area contributed by atoms with Crippen LogP contribution in [0.4, 0.5) is 4.79 Å². The summed E-state index contributed by atoms with van der Waals surface area (Å²) in [6.45, 7) is 7.23. The number of alkyl carbamates (subject to hydrolysis) is 1. The number of imidazole rings is 1. The third-order valence-corrected chi connectivity index (χ3v) is 2.87. The second-order valence-electron chi connectivity index (χ2n) is 4.29.